The first-order valence-corrected chi connectivity index (χ1v) is 7.19. The van der Waals surface area contributed by atoms with Crippen molar-refractivity contribution in [2.45, 2.75) is 26.3 Å². The zero-order chi connectivity index (χ0) is 11.7. The average Bonchev–Trinajstić information content (AvgIpc) is 2.45. The number of hydrogen-bond acceptors (Lipinski definition) is 4. The Morgan fingerprint density at radius 3 is 2.47 bits per heavy atom. The van der Waals surface area contributed by atoms with Crippen molar-refractivity contribution in [3.63, 3.8) is 0 Å². The third-order valence-corrected chi connectivity index (χ3v) is 4.81. The molecule has 90 valence electrons. The Bertz CT molecular complexity index is 311. The van der Waals surface area contributed by atoms with Crippen molar-refractivity contribution in [3.8, 4) is 0 Å². The highest BCUT2D eigenvalue weighted by molar-refractivity contribution is 7.91. The van der Waals surface area contributed by atoms with Crippen molar-refractivity contribution in [1.29, 1.82) is 0 Å². The predicted octanol–water partition coefficient (Wildman–Crippen LogP) is 0.0902. The van der Waals surface area contributed by atoms with Gasteiger partial charge in [0.2, 0.25) is 0 Å². The van der Waals surface area contributed by atoms with E-state index in [0.29, 0.717) is 18.1 Å². The largest absolute Gasteiger partial charge is 0.330 e. The monoisotopic (exact) mass is 234 g/mol. The summed E-state index contributed by atoms with van der Waals surface area (Å²) in [5.41, 5.74) is 5.72. The van der Waals surface area contributed by atoms with Crippen molar-refractivity contribution in [3.05, 3.63) is 0 Å². The van der Waals surface area contributed by atoms with Crippen molar-refractivity contribution < 1.29 is 8.42 Å². The lowest BCUT2D eigenvalue weighted by molar-refractivity contribution is 0.176. The third kappa shape index (κ3) is 3.74. The van der Waals surface area contributed by atoms with Crippen LogP contribution in [0.15, 0.2) is 0 Å². The summed E-state index contributed by atoms with van der Waals surface area (Å²) < 4.78 is 22.7. The molecule has 0 bridgehead atoms. The van der Waals surface area contributed by atoms with Gasteiger partial charge in [0.15, 0.2) is 9.84 Å². The van der Waals surface area contributed by atoms with Gasteiger partial charge >= 0.3 is 0 Å². The van der Waals surface area contributed by atoms with Gasteiger partial charge in [-0.3, -0.25) is 0 Å². The molecule has 0 aliphatic carbocycles. The van der Waals surface area contributed by atoms with Crippen LogP contribution in [0.5, 0.6) is 0 Å². The fraction of sp³-hybridized carbons (Fsp3) is 1.00. The summed E-state index contributed by atoms with van der Waals surface area (Å²) in [5.74, 6) is 0.648. The maximum absolute atomic E-state index is 11.3. The molecule has 4 nitrogen and oxygen atoms in total. The first kappa shape index (κ1) is 12.9. The van der Waals surface area contributed by atoms with Gasteiger partial charge in [-0.15, -0.1) is 0 Å². The molecule has 0 aromatic carbocycles. The van der Waals surface area contributed by atoms with Crippen molar-refractivity contribution >= 4 is 9.84 Å². The van der Waals surface area contributed by atoms with E-state index in [1.807, 2.05) is 7.05 Å². The zero-order valence-corrected chi connectivity index (χ0v) is 10.7. The van der Waals surface area contributed by atoms with Gasteiger partial charge < -0.3 is 10.6 Å². The predicted molar refractivity (Wildman–Crippen MR) is 62.5 cm³/mol. The number of sulfone groups is 1. The van der Waals surface area contributed by atoms with Gasteiger partial charge in [-0.05, 0) is 25.4 Å². The second kappa shape index (κ2) is 4.39. The van der Waals surface area contributed by atoms with Crippen LogP contribution < -0.4 is 5.73 Å². The van der Waals surface area contributed by atoms with E-state index in [0.717, 1.165) is 13.0 Å². The molecule has 5 heteroatoms. The second-order valence-electron chi connectivity index (χ2n) is 5.34. The van der Waals surface area contributed by atoms with Crippen LogP contribution in [-0.4, -0.2) is 51.0 Å². The molecule has 0 aromatic rings. The minimum absolute atomic E-state index is 0.0566. The van der Waals surface area contributed by atoms with Crippen molar-refractivity contribution in [1.82, 2.24) is 4.90 Å². The minimum Gasteiger partial charge on any atom is -0.330 e. The van der Waals surface area contributed by atoms with Crippen molar-refractivity contribution in [2.24, 2.45) is 11.1 Å². The molecule has 1 fully saturated rings. The molecule has 0 spiro atoms. The quantitative estimate of drug-likeness (QED) is 0.749. The zero-order valence-electron chi connectivity index (χ0n) is 9.86. The van der Waals surface area contributed by atoms with Crippen LogP contribution in [-0.2, 0) is 9.84 Å². The Balaban J connectivity index is 2.53. The molecule has 1 saturated heterocycles. The third-order valence-electron chi connectivity index (χ3n) is 3.06. The number of rotatable bonds is 4. The molecule has 0 aromatic heterocycles. The Morgan fingerprint density at radius 1 is 1.47 bits per heavy atom. The van der Waals surface area contributed by atoms with E-state index in [9.17, 15) is 8.42 Å². The molecule has 0 saturated carbocycles. The van der Waals surface area contributed by atoms with Crippen LogP contribution in [0.3, 0.4) is 0 Å². The van der Waals surface area contributed by atoms with Crippen LogP contribution in [0.2, 0.25) is 0 Å². The Hall–Kier alpha value is -0.130. The molecule has 1 rings (SSSR count). The number of nitrogens with two attached hydrogens (primary N) is 1. The normalized spacial score (nSPS) is 26.1. The molecule has 15 heavy (non-hydrogen) atoms. The molecule has 0 radical (unpaired) electrons. The summed E-state index contributed by atoms with van der Waals surface area (Å²) in [6.45, 7) is 5.68. The lowest BCUT2D eigenvalue weighted by Crippen LogP contribution is -2.42. The smallest absolute Gasteiger partial charge is 0.151 e. The number of nitrogens with zero attached hydrogens (tertiary/aromatic N) is 1. The topological polar surface area (TPSA) is 63.4 Å². The number of hydrogen-bond donors (Lipinski definition) is 1. The summed E-state index contributed by atoms with van der Waals surface area (Å²) in [5, 5.41) is 0. The Kier molecular flexibility index (Phi) is 3.79. The van der Waals surface area contributed by atoms with E-state index in [4.69, 9.17) is 5.73 Å². The van der Waals surface area contributed by atoms with Gasteiger partial charge in [-0.2, -0.15) is 0 Å². The van der Waals surface area contributed by atoms with Gasteiger partial charge in [0.05, 0.1) is 11.5 Å². The van der Waals surface area contributed by atoms with E-state index < -0.39 is 9.84 Å². The Morgan fingerprint density at radius 2 is 2.07 bits per heavy atom. The van der Waals surface area contributed by atoms with Gasteiger partial charge in [-0.25, -0.2) is 8.42 Å². The van der Waals surface area contributed by atoms with Crippen LogP contribution >= 0.6 is 0 Å². The van der Waals surface area contributed by atoms with Crippen LogP contribution in [0.25, 0.3) is 0 Å². The highest BCUT2D eigenvalue weighted by Gasteiger charge is 2.32. The maximum atomic E-state index is 11.3. The molecular weight excluding hydrogens is 212 g/mol. The molecule has 2 N–H and O–H groups in total. The molecule has 1 atom stereocenters. The standard InChI is InChI=1S/C10H22N2O2S/c1-10(2,7-11)8-12(3)9-4-5-15(13,14)6-9/h9H,4-8,11H2,1-3H3. The van der Waals surface area contributed by atoms with Gasteiger partial charge in [0.1, 0.15) is 0 Å². The summed E-state index contributed by atoms with van der Waals surface area (Å²) in [6.07, 6.45) is 0.763. The van der Waals surface area contributed by atoms with Crippen LogP contribution in [0, 0.1) is 5.41 Å². The first-order valence-electron chi connectivity index (χ1n) is 5.36. The molecule has 1 aliphatic rings. The molecule has 0 amide bonds. The van der Waals surface area contributed by atoms with Gasteiger partial charge in [0.25, 0.3) is 0 Å². The van der Waals surface area contributed by atoms with Crippen LogP contribution in [0.1, 0.15) is 20.3 Å². The van der Waals surface area contributed by atoms with Crippen LogP contribution in [0.4, 0.5) is 0 Å². The van der Waals surface area contributed by atoms with Gasteiger partial charge in [0, 0.05) is 12.6 Å². The summed E-state index contributed by atoms with van der Waals surface area (Å²) in [6, 6.07) is 0.181. The average molecular weight is 234 g/mol. The van der Waals surface area contributed by atoms with E-state index in [1.165, 1.54) is 0 Å². The summed E-state index contributed by atoms with van der Waals surface area (Å²) in [7, 11) is -0.787. The van der Waals surface area contributed by atoms with E-state index >= 15 is 0 Å². The summed E-state index contributed by atoms with van der Waals surface area (Å²) in [4.78, 5) is 2.14. The lowest BCUT2D eigenvalue weighted by Gasteiger charge is -2.32. The highest BCUT2D eigenvalue weighted by atomic mass is 32.2. The van der Waals surface area contributed by atoms with E-state index in [-0.39, 0.29) is 11.5 Å². The lowest BCUT2D eigenvalue weighted by atomic mass is 9.92. The maximum Gasteiger partial charge on any atom is 0.151 e. The van der Waals surface area contributed by atoms with E-state index in [1.54, 1.807) is 0 Å². The Labute approximate surface area is 92.7 Å². The molecular formula is C10H22N2O2S. The molecule has 1 heterocycles. The summed E-state index contributed by atoms with van der Waals surface area (Å²) >= 11 is 0. The highest BCUT2D eigenvalue weighted by Crippen LogP contribution is 2.21. The second-order valence-corrected chi connectivity index (χ2v) is 7.57. The molecule has 1 unspecified atom stereocenters. The SMILES string of the molecule is CN(CC(C)(C)CN)C1CCS(=O)(=O)C1. The van der Waals surface area contributed by atoms with Gasteiger partial charge in [-0.1, -0.05) is 13.8 Å². The van der Waals surface area contributed by atoms with Crippen molar-refractivity contribution in [2.75, 3.05) is 31.6 Å². The molecule has 1 aliphatic heterocycles. The fourth-order valence-corrected chi connectivity index (χ4v) is 3.80. The fourth-order valence-electron chi connectivity index (χ4n) is 1.99. The minimum atomic E-state index is -2.78. The first-order chi connectivity index (χ1) is 6.76. The van der Waals surface area contributed by atoms with E-state index in [2.05, 4.69) is 18.7 Å².